The van der Waals surface area contributed by atoms with Crippen molar-refractivity contribution in [2.45, 2.75) is 65.0 Å². The summed E-state index contributed by atoms with van der Waals surface area (Å²) in [5, 5.41) is 12.5. The molecule has 1 heterocycles. The van der Waals surface area contributed by atoms with E-state index in [1.54, 1.807) is 6.92 Å². The van der Waals surface area contributed by atoms with Crippen molar-refractivity contribution in [2.75, 3.05) is 13.1 Å². The van der Waals surface area contributed by atoms with Gasteiger partial charge in [-0.1, -0.05) is 6.42 Å². The second-order valence-corrected chi connectivity index (χ2v) is 8.40. The molecule has 3 fully saturated rings. The molecule has 2 saturated carbocycles. The minimum Gasteiger partial charge on any atom is -0.481 e. The SMILES string of the molecule is CC(NC(=O)C(C)N1CCC(C)(C(=O)O)C1)C1CC2CCC1C2. The highest BCUT2D eigenvalue weighted by Gasteiger charge is 2.44. The number of rotatable bonds is 5. The van der Waals surface area contributed by atoms with E-state index in [4.69, 9.17) is 0 Å². The Kier molecular flexibility index (Phi) is 4.43. The highest BCUT2D eigenvalue weighted by molar-refractivity contribution is 5.82. The summed E-state index contributed by atoms with van der Waals surface area (Å²) in [7, 11) is 0. The Balaban J connectivity index is 1.53. The summed E-state index contributed by atoms with van der Waals surface area (Å²) in [6.45, 7) is 6.95. The Bertz CT molecular complexity index is 495. The van der Waals surface area contributed by atoms with Crippen LogP contribution in [-0.4, -0.2) is 47.1 Å². The molecule has 2 aliphatic carbocycles. The average Bonchev–Trinajstić information content (AvgIpc) is 3.21. The fraction of sp³-hybridized carbons (Fsp3) is 0.889. The minimum absolute atomic E-state index is 0.0508. The van der Waals surface area contributed by atoms with Crippen molar-refractivity contribution in [2.24, 2.45) is 23.2 Å². The molecule has 23 heavy (non-hydrogen) atoms. The first kappa shape index (κ1) is 16.7. The molecular weight excluding hydrogens is 292 g/mol. The van der Waals surface area contributed by atoms with E-state index in [9.17, 15) is 14.7 Å². The number of fused-ring (bicyclic) bond motifs is 2. The van der Waals surface area contributed by atoms with Crippen LogP contribution in [0.3, 0.4) is 0 Å². The summed E-state index contributed by atoms with van der Waals surface area (Å²) >= 11 is 0. The first-order valence-corrected chi connectivity index (χ1v) is 9.08. The quantitative estimate of drug-likeness (QED) is 0.813. The lowest BCUT2D eigenvalue weighted by Gasteiger charge is -2.31. The van der Waals surface area contributed by atoms with Gasteiger partial charge in [-0.3, -0.25) is 14.5 Å². The van der Waals surface area contributed by atoms with Gasteiger partial charge in [0.2, 0.25) is 5.91 Å². The highest BCUT2D eigenvalue weighted by atomic mass is 16.4. The maximum atomic E-state index is 12.6. The van der Waals surface area contributed by atoms with Crippen molar-refractivity contribution in [3.8, 4) is 0 Å². The van der Waals surface area contributed by atoms with Crippen LogP contribution in [0.1, 0.15) is 52.9 Å². The Hall–Kier alpha value is -1.10. The van der Waals surface area contributed by atoms with Crippen LogP contribution in [0.2, 0.25) is 0 Å². The molecule has 0 aromatic carbocycles. The van der Waals surface area contributed by atoms with Gasteiger partial charge in [-0.25, -0.2) is 0 Å². The molecule has 0 spiro atoms. The van der Waals surface area contributed by atoms with Crippen molar-refractivity contribution in [1.29, 1.82) is 0 Å². The van der Waals surface area contributed by atoms with Crippen LogP contribution in [0.5, 0.6) is 0 Å². The molecule has 0 radical (unpaired) electrons. The first-order valence-electron chi connectivity index (χ1n) is 9.08. The van der Waals surface area contributed by atoms with E-state index in [0.29, 0.717) is 25.4 Å². The molecule has 5 heteroatoms. The van der Waals surface area contributed by atoms with Crippen LogP contribution in [0.25, 0.3) is 0 Å². The van der Waals surface area contributed by atoms with E-state index in [0.717, 1.165) is 11.8 Å². The molecule has 1 aliphatic heterocycles. The number of carboxylic acid groups (broad SMARTS) is 1. The van der Waals surface area contributed by atoms with Crippen molar-refractivity contribution in [1.82, 2.24) is 10.2 Å². The fourth-order valence-electron chi connectivity index (χ4n) is 5.03. The maximum absolute atomic E-state index is 12.6. The summed E-state index contributed by atoms with van der Waals surface area (Å²) in [4.78, 5) is 26.0. The zero-order chi connectivity index (χ0) is 16.8. The number of carbonyl (C=O) groups excluding carboxylic acids is 1. The van der Waals surface area contributed by atoms with E-state index in [1.165, 1.54) is 25.7 Å². The third-order valence-electron chi connectivity index (χ3n) is 6.75. The largest absolute Gasteiger partial charge is 0.481 e. The third-order valence-corrected chi connectivity index (χ3v) is 6.75. The molecule has 6 atom stereocenters. The van der Waals surface area contributed by atoms with E-state index >= 15 is 0 Å². The van der Waals surface area contributed by atoms with Crippen LogP contribution in [0, 0.1) is 23.2 Å². The maximum Gasteiger partial charge on any atom is 0.310 e. The molecule has 0 aromatic rings. The molecule has 3 rings (SSSR count). The van der Waals surface area contributed by atoms with Crippen molar-refractivity contribution < 1.29 is 14.7 Å². The summed E-state index contributed by atoms with van der Waals surface area (Å²) < 4.78 is 0. The predicted octanol–water partition coefficient (Wildman–Crippen LogP) is 2.11. The zero-order valence-corrected chi connectivity index (χ0v) is 14.5. The number of nitrogens with one attached hydrogen (secondary N) is 1. The monoisotopic (exact) mass is 322 g/mol. The number of amides is 1. The van der Waals surface area contributed by atoms with Crippen molar-refractivity contribution >= 4 is 11.9 Å². The topological polar surface area (TPSA) is 69.6 Å². The van der Waals surface area contributed by atoms with Crippen LogP contribution in [-0.2, 0) is 9.59 Å². The van der Waals surface area contributed by atoms with Gasteiger partial charge in [0.1, 0.15) is 0 Å². The van der Waals surface area contributed by atoms with Crippen molar-refractivity contribution in [3.63, 3.8) is 0 Å². The normalized spacial score (nSPS) is 39.3. The van der Waals surface area contributed by atoms with Crippen LogP contribution in [0.4, 0.5) is 0 Å². The number of likely N-dealkylation sites (tertiary alicyclic amines) is 1. The minimum atomic E-state index is -0.761. The smallest absolute Gasteiger partial charge is 0.310 e. The van der Waals surface area contributed by atoms with Gasteiger partial charge in [-0.2, -0.15) is 0 Å². The van der Waals surface area contributed by atoms with Gasteiger partial charge in [-0.05, 0) is 64.2 Å². The van der Waals surface area contributed by atoms with E-state index < -0.39 is 11.4 Å². The number of hydrogen-bond donors (Lipinski definition) is 2. The number of nitrogens with zero attached hydrogens (tertiary/aromatic N) is 1. The summed E-state index contributed by atoms with van der Waals surface area (Å²) in [6.07, 6.45) is 5.93. The second-order valence-electron chi connectivity index (χ2n) is 8.40. The fourth-order valence-corrected chi connectivity index (χ4v) is 5.03. The molecule has 130 valence electrons. The van der Waals surface area contributed by atoms with Gasteiger partial charge < -0.3 is 10.4 Å². The van der Waals surface area contributed by atoms with E-state index in [2.05, 4.69) is 12.2 Å². The Morgan fingerprint density at radius 2 is 2.00 bits per heavy atom. The number of aliphatic carboxylic acids is 1. The molecule has 1 amide bonds. The summed E-state index contributed by atoms with van der Waals surface area (Å²) in [5.41, 5.74) is -0.718. The molecule has 0 aromatic heterocycles. The van der Waals surface area contributed by atoms with E-state index in [1.807, 2.05) is 11.8 Å². The summed E-state index contributed by atoms with van der Waals surface area (Å²) in [5.74, 6) is 1.61. The lowest BCUT2D eigenvalue weighted by atomic mass is 9.84. The van der Waals surface area contributed by atoms with Crippen LogP contribution < -0.4 is 5.32 Å². The molecule has 5 nitrogen and oxygen atoms in total. The van der Waals surface area contributed by atoms with Gasteiger partial charge in [0.05, 0.1) is 11.5 Å². The van der Waals surface area contributed by atoms with Gasteiger partial charge in [0, 0.05) is 19.1 Å². The molecule has 6 unspecified atom stereocenters. The van der Waals surface area contributed by atoms with Gasteiger partial charge in [0.25, 0.3) is 0 Å². The van der Waals surface area contributed by atoms with Crippen LogP contribution >= 0.6 is 0 Å². The standard InChI is InChI=1S/C18H30N2O3/c1-11(15-9-13-4-5-14(15)8-13)19-16(21)12(2)20-7-6-18(3,10-20)17(22)23/h11-15H,4-10H2,1-3H3,(H,19,21)(H,22,23). The van der Waals surface area contributed by atoms with Gasteiger partial charge >= 0.3 is 5.97 Å². The van der Waals surface area contributed by atoms with Gasteiger partial charge in [0.15, 0.2) is 0 Å². The van der Waals surface area contributed by atoms with Crippen LogP contribution in [0.15, 0.2) is 0 Å². The van der Waals surface area contributed by atoms with Crippen molar-refractivity contribution in [3.05, 3.63) is 0 Å². The molecular formula is C18H30N2O3. The Labute approximate surface area is 138 Å². The Morgan fingerprint density at radius 3 is 2.52 bits per heavy atom. The molecule has 3 aliphatic rings. The summed E-state index contributed by atoms with van der Waals surface area (Å²) in [6, 6.07) is -0.0223. The lowest BCUT2D eigenvalue weighted by molar-refractivity contribution is -0.147. The lowest BCUT2D eigenvalue weighted by Crippen LogP contribution is -2.50. The Morgan fingerprint density at radius 1 is 1.26 bits per heavy atom. The second kappa shape index (κ2) is 6.08. The number of carbonyl (C=O) groups is 2. The highest BCUT2D eigenvalue weighted by Crippen LogP contribution is 2.49. The third kappa shape index (κ3) is 3.12. The number of hydrogen-bond acceptors (Lipinski definition) is 3. The molecule has 1 saturated heterocycles. The molecule has 2 bridgehead atoms. The average molecular weight is 322 g/mol. The number of carboxylic acids is 1. The van der Waals surface area contributed by atoms with E-state index in [-0.39, 0.29) is 18.0 Å². The first-order chi connectivity index (χ1) is 10.8. The van der Waals surface area contributed by atoms with Gasteiger partial charge in [-0.15, -0.1) is 0 Å². The zero-order valence-electron chi connectivity index (χ0n) is 14.5. The predicted molar refractivity (Wildman–Crippen MR) is 87.9 cm³/mol. The molecule has 2 N–H and O–H groups in total.